The zero-order valence-corrected chi connectivity index (χ0v) is 17.4. The van der Waals surface area contributed by atoms with Gasteiger partial charge in [-0.2, -0.15) is 0 Å². The molecule has 31 heavy (non-hydrogen) atoms. The Balaban J connectivity index is 1.40. The topological polar surface area (TPSA) is 105 Å². The van der Waals surface area contributed by atoms with Crippen LogP contribution in [0.3, 0.4) is 0 Å². The highest BCUT2D eigenvalue weighted by atomic mass is 16.5. The van der Waals surface area contributed by atoms with Crippen molar-refractivity contribution in [2.45, 2.75) is 50.1 Å². The van der Waals surface area contributed by atoms with Crippen molar-refractivity contribution in [2.24, 2.45) is 0 Å². The average molecular weight is 422 g/mol. The SMILES string of the molecule is C[C@@H](CC(=O)O)NC(=O)C1(NC(=O)OCC2c3ccccc3-c3ccccc32)CCC1. The molecule has 0 aromatic heterocycles. The maximum atomic E-state index is 12.7. The number of hydrogen-bond acceptors (Lipinski definition) is 4. The molecule has 0 spiro atoms. The van der Waals surface area contributed by atoms with Crippen LogP contribution in [-0.2, 0) is 14.3 Å². The second-order valence-corrected chi connectivity index (χ2v) is 8.36. The van der Waals surface area contributed by atoms with Gasteiger partial charge in [-0.1, -0.05) is 48.5 Å². The maximum absolute atomic E-state index is 12.7. The Labute approximate surface area is 180 Å². The molecule has 0 radical (unpaired) electrons. The number of carbonyl (C=O) groups excluding carboxylic acids is 2. The second kappa shape index (κ2) is 8.41. The van der Waals surface area contributed by atoms with Crippen molar-refractivity contribution in [2.75, 3.05) is 6.61 Å². The Morgan fingerprint density at radius 3 is 2.16 bits per heavy atom. The highest BCUT2D eigenvalue weighted by Crippen LogP contribution is 2.44. The number of nitrogens with one attached hydrogen (secondary N) is 2. The Bertz CT molecular complexity index is 969. The second-order valence-electron chi connectivity index (χ2n) is 8.36. The molecule has 2 aliphatic rings. The predicted molar refractivity (Wildman–Crippen MR) is 115 cm³/mol. The van der Waals surface area contributed by atoms with Gasteiger partial charge in [-0.15, -0.1) is 0 Å². The van der Waals surface area contributed by atoms with Crippen LogP contribution in [0.4, 0.5) is 4.79 Å². The first-order valence-corrected chi connectivity index (χ1v) is 10.6. The van der Waals surface area contributed by atoms with Crippen LogP contribution in [0.15, 0.2) is 48.5 Å². The zero-order valence-electron chi connectivity index (χ0n) is 17.4. The minimum absolute atomic E-state index is 0.0556. The van der Waals surface area contributed by atoms with Crippen LogP contribution in [0.1, 0.15) is 49.7 Å². The van der Waals surface area contributed by atoms with Gasteiger partial charge in [0.1, 0.15) is 12.1 Å². The smallest absolute Gasteiger partial charge is 0.408 e. The van der Waals surface area contributed by atoms with Crippen molar-refractivity contribution < 1.29 is 24.2 Å². The minimum atomic E-state index is -1.03. The fraction of sp³-hybridized carbons (Fsp3) is 0.375. The molecule has 7 nitrogen and oxygen atoms in total. The van der Waals surface area contributed by atoms with Crippen LogP contribution in [0.25, 0.3) is 11.1 Å². The Kier molecular flexibility index (Phi) is 5.67. The van der Waals surface area contributed by atoms with E-state index in [0.717, 1.165) is 28.7 Å². The van der Waals surface area contributed by atoms with Crippen LogP contribution >= 0.6 is 0 Å². The van der Waals surface area contributed by atoms with Crippen molar-refractivity contribution in [3.63, 3.8) is 0 Å². The summed E-state index contributed by atoms with van der Waals surface area (Å²) >= 11 is 0. The molecule has 7 heteroatoms. The molecule has 1 fully saturated rings. The van der Waals surface area contributed by atoms with E-state index in [-0.39, 0.29) is 24.9 Å². The number of carbonyl (C=O) groups is 3. The summed E-state index contributed by atoms with van der Waals surface area (Å²) in [6.07, 6.45) is 1.01. The van der Waals surface area contributed by atoms with E-state index in [9.17, 15) is 14.4 Å². The van der Waals surface area contributed by atoms with Gasteiger partial charge in [-0.05, 0) is 48.4 Å². The molecule has 0 heterocycles. The van der Waals surface area contributed by atoms with Crippen LogP contribution < -0.4 is 10.6 Å². The lowest BCUT2D eigenvalue weighted by Crippen LogP contribution is -2.64. The summed E-state index contributed by atoms with van der Waals surface area (Å²) in [6, 6.07) is 15.7. The summed E-state index contributed by atoms with van der Waals surface area (Å²) in [6.45, 7) is 1.80. The summed E-state index contributed by atoms with van der Waals surface area (Å²) in [4.78, 5) is 36.1. The number of hydrogen-bond donors (Lipinski definition) is 3. The number of aliphatic carboxylic acids is 1. The van der Waals surface area contributed by atoms with Gasteiger partial charge in [0.15, 0.2) is 0 Å². The lowest BCUT2D eigenvalue weighted by atomic mass is 9.76. The molecule has 2 aromatic carbocycles. The molecule has 2 aromatic rings. The van der Waals surface area contributed by atoms with Gasteiger partial charge in [0.05, 0.1) is 6.42 Å². The van der Waals surface area contributed by atoms with Gasteiger partial charge in [-0.3, -0.25) is 9.59 Å². The number of rotatable bonds is 7. The monoisotopic (exact) mass is 422 g/mol. The fourth-order valence-corrected chi connectivity index (χ4v) is 4.44. The summed E-state index contributed by atoms with van der Waals surface area (Å²) in [5.74, 6) is -1.40. The Morgan fingerprint density at radius 1 is 1.06 bits per heavy atom. The Hall–Kier alpha value is -3.35. The number of carboxylic acid groups (broad SMARTS) is 1. The third kappa shape index (κ3) is 4.13. The van der Waals surface area contributed by atoms with Crippen LogP contribution in [-0.4, -0.2) is 41.3 Å². The van der Waals surface area contributed by atoms with E-state index in [2.05, 4.69) is 22.8 Å². The van der Waals surface area contributed by atoms with E-state index < -0.39 is 23.6 Å². The normalized spacial score (nSPS) is 16.9. The molecule has 162 valence electrons. The summed E-state index contributed by atoms with van der Waals surface area (Å²) in [5.41, 5.74) is 3.50. The van der Waals surface area contributed by atoms with Crippen LogP contribution in [0, 0.1) is 0 Å². The van der Waals surface area contributed by atoms with Gasteiger partial charge < -0.3 is 20.5 Å². The van der Waals surface area contributed by atoms with E-state index in [0.29, 0.717) is 12.8 Å². The van der Waals surface area contributed by atoms with Crippen molar-refractivity contribution in [3.05, 3.63) is 59.7 Å². The summed E-state index contributed by atoms with van der Waals surface area (Å²) < 4.78 is 5.57. The van der Waals surface area contributed by atoms with Crippen LogP contribution in [0.5, 0.6) is 0 Å². The third-order valence-electron chi connectivity index (χ3n) is 6.19. The molecule has 1 saturated carbocycles. The Morgan fingerprint density at radius 2 is 1.65 bits per heavy atom. The lowest BCUT2D eigenvalue weighted by Gasteiger charge is -2.40. The number of amides is 2. The fourth-order valence-electron chi connectivity index (χ4n) is 4.44. The van der Waals surface area contributed by atoms with Crippen LogP contribution in [0.2, 0.25) is 0 Å². The molecule has 3 N–H and O–H groups in total. The summed E-state index contributed by atoms with van der Waals surface area (Å²) in [5, 5.41) is 14.3. The van der Waals surface area contributed by atoms with E-state index in [1.807, 2.05) is 36.4 Å². The molecule has 0 saturated heterocycles. The standard InChI is InChI=1S/C24H26N2O5/c1-15(13-21(27)28)25-22(29)24(11-6-12-24)26-23(30)31-14-20-18-9-4-2-7-16(18)17-8-3-5-10-19(17)20/h2-5,7-10,15,20H,6,11-14H2,1H3,(H,25,29)(H,26,30)(H,27,28)/t15-/m0/s1. The van der Waals surface area contributed by atoms with Gasteiger partial charge in [0.2, 0.25) is 5.91 Å². The first-order chi connectivity index (χ1) is 14.9. The minimum Gasteiger partial charge on any atom is -0.481 e. The van der Waals surface area contributed by atoms with Gasteiger partial charge in [-0.25, -0.2) is 4.79 Å². The molecule has 0 bridgehead atoms. The molecule has 1 atom stereocenters. The van der Waals surface area contributed by atoms with Crippen molar-refractivity contribution in [3.8, 4) is 11.1 Å². The average Bonchev–Trinajstić information content (AvgIpc) is 3.02. The number of benzene rings is 2. The first-order valence-electron chi connectivity index (χ1n) is 10.6. The molecular formula is C24H26N2O5. The third-order valence-corrected chi connectivity index (χ3v) is 6.19. The quantitative estimate of drug-likeness (QED) is 0.634. The van der Waals surface area contributed by atoms with E-state index in [4.69, 9.17) is 9.84 Å². The van der Waals surface area contributed by atoms with Gasteiger partial charge in [0, 0.05) is 12.0 Å². The molecule has 4 rings (SSSR count). The zero-order chi connectivity index (χ0) is 22.0. The molecular weight excluding hydrogens is 396 g/mol. The van der Waals surface area contributed by atoms with E-state index >= 15 is 0 Å². The molecule has 0 unspecified atom stereocenters. The summed E-state index contributed by atoms with van der Waals surface area (Å²) in [7, 11) is 0. The van der Waals surface area contributed by atoms with Gasteiger partial charge in [0.25, 0.3) is 0 Å². The van der Waals surface area contributed by atoms with Gasteiger partial charge >= 0.3 is 12.1 Å². The van der Waals surface area contributed by atoms with Crippen molar-refractivity contribution in [1.82, 2.24) is 10.6 Å². The molecule has 2 aliphatic carbocycles. The number of ether oxygens (including phenoxy) is 1. The highest BCUT2D eigenvalue weighted by Gasteiger charge is 2.46. The first kappa shape index (κ1) is 20.9. The number of carboxylic acids is 1. The van der Waals surface area contributed by atoms with E-state index in [1.165, 1.54) is 0 Å². The maximum Gasteiger partial charge on any atom is 0.408 e. The number of fused-ring (bicyclic) bond motifs is 3. The van der Waals surface area contributed by atoms with Crippen molar-refractivity contribution in [1.29, 1.82) is 0 Å². The predicted octanol–water partition coefficient (Wildman–Crippen LogP) is 3.43. The molecule has 0 aliphatic heterocycles. The molecule has 2 amide bonds. The number of alkyl carbamates (subject to hydrolysis) is 1. The van der Waals surface area contributed by atoms with Crippen molar-refractivity contribution >= 4 is 18.0 Å². The van der Waals surface area contributed by atoms with E-state index in [1.54, 1.807) is 6.92 Å². The lowest BCUT2D eigenvalue weighted by molar-refractivity contribution is -0.138. The highest BCUT2D eigenvalue weighted by molar-refractivity contribution is 5.91. The largest absolute Gasteiger partial charge is 0.481 e.